The van der Waals surface area contributed by atoms with E-state index in [0.717, 1.165) is 25.0 Å². The Balaban J connectivity index is 1.91. The lowest BCUT2D eigenvalue weighted by atomic mass is 9.93. The minimum atomic E-state index is 0.212. The van der Waals surface area contributed by atoms with Gasteiger partial charge in [-0.05, 0) is 30.5 Å². The molecule has 0 saturated heterocycles. The minimum absolute atomic E-state index is 0.212. The largest absolute Gasteiger partial charge is 0.497 e. The van der Waals surface area contributed by atoms with Crippen molar-refractivity contribution in [3.63, 3.8) is 0 Å². The SMILES string of the molecule is COc1ccc([C@]23CCC(=O)[C@H]2C3)cc1. The molecular formula is C13H14O2. The fraction of sp³-hybridized carbons (Fsp3) is 0.462. The summed E-state index contributed by atoms with van der Waals surface area (Å²) in [4.78, 5) is 11.5. The van der Waals surface area contributed by atoms with E-state index in [1.807, 2.05) is 12.1 Å². The number of methoxy groups -OCH3 is 1. The van der Waals surface area contributed by atoms with Crippen LogP contribution in [0.1, 0.15) is 24.8 Å². The molecule has 0 N–H and O–H groups in total. The summed E-state index contributed by atoms with van der Waals surface area (Å²) in [5.74, 6) is 1.67. The number of carbonyl (C=O) groups excluding carboxylic acids is 1. The molecule has 0 radical (unpaired) electrons. The van der Waals surface area contributed by atoms with Gasteiger partial charge in [0.15, 0.2) is 0 Å². The second-order valence-corrected chi connectivity index (χ2v) is 4.61. The first-order valence-corrected chi connectivity index (χ1v) is 5.43. The van der Waals surface area contributed by atoms with E-state index >= 15 is 0 Å². The normalized spacial score (nSPS) is 32.6. The summed E-state index contributed by atoms with van der Waals surface area (Å²) >= 11 is 0. The van der Waals surface area contributed by atoms with Crippen molar-refractivity contribution in [2.75, 3.05) is 7.11 Å². The van der Waals surface area contributed by atoms with Crippen LogP contribution in [-0.2, 0) is 10.2 Å². The van der Waals surface area contributed by atoms with E-state index in [1.54, 1.807) is 7.11 Å². The van der Waals surface area contributed by atoms with Crippen molar-refractivity contribution >= 4 is 5.78 Å². The molecule has 2 aliphatic carbocycles. The van der Waals surface area contributed by atoms with E-state index in [0.29, 0.717) is 11.7 Å². The van der Waals surface area contributed by atoms with E-state index in [9.17, 15) is 4.79 Å². The molecule has 2 saturated carbocycles. The highest BCUT2D eigenvalue weighted by Gasteiger charge is 2.62. The number of ketones is 1. The van der Waals surface area contributed by atoms with Gasteiger partial charge in [-0.2, -0.15) is 0 Å². The molecular weight excluding hydrogens is 188 g/mol. The third-order valence-electron chi connectivity index (χ3n) is 3.95. The number of Topliss-reactive ketones (excluding diaryl/α,β-unsaturated/α-hetero) is 1. The van der Waals surface area contributed by atoms with Crippen LogP contribution in [0.3, 0.4) is 0 Å². The van der Waals surface area contributed by atoms with Gasteiger partial charge in [0.25, 0.3) is 0 Å². The standard InChI is InChI=1S/C13H14O2/c1-15-10-4-2-9(3-5-10)13-7-6-12(14)11(13)8-13/h2-5,11H,6-8H2,1H3/t11-,13-/m1/s1. The van der Waals surface area contributed by atoms with Gasteiger partial charge >= 0.3 is 0 Å². The zero-order valence-electron chi connectivity index (χ0n) is 8.82. The summed E-state index contributed by atoms with van der Waals surface area (Å²) < 4.78 is 5.13. The molecule has 0 unspecified atom stereocenters. The maximum atomic E-state index is 11.5. The molecule has 1 aromatic rings. The van der Waals surface area contributed by atoms with Gasteiger partial charge in [0.1, 0.15) is 11.5 Å². The Bertz CT molecular complexity index is 407. The average Bonchev–Trinajstić information content (AvgIpc) is 2.95. The Hall–Kier alpha value is -1.31. The van der Waals surface area contributed by atoms with Crippen LogP contribution in [0.2, 0.25) is 0 Å². The average molecular weight is 202 g/mol. The molecule has 2 heteroatoms. The van der Waals surface area contributed by atoms with E-state index in [4.69, 9.17) is 4.74 Å². The number of benzene rings is 1. The zero-order chi connectivity index (χ0) is 10.5. The van der Waals surface area contributed by atoms with Crippen LogP contribution < -0.4 is 4.74 Å². The molecule has 0 aromatic heterocycles. The highest BCUT2D eigenvalue weighted by Crippen LogP contribution is 2.62. The van der Waals surface area contributed by atoms with Gasteiger partial charge in [-0.25, -0.2) is 0 Å². The lowest BCUT2D eigenvalue weighted by Crippen LogP contribution is -2.04. The van der Waals surface area contributed by atoms with Crippen LogP contribution in [0.15, 0.2) is 24.3 Å². The molecule has 3 rings (SSSR count). The van der Waals surface area contributed by atoms with Crippen molar-refractivity contribution in [1.82, 2.24) is 0 Å². The highest BCUT2D eigenvalue weighted by atomic mass is 16.5. The van der Waals surface area contributed by atoms with Crippen LogP contribution in [0.4, 0.5) is 0 Å². The predicted molar refractivity (Wildman–Crippen MR) is 57.0 cm³/mol. The molecule has 1 aromatic carbocycles. The Morgan fingerprint density at radius 3 is 2.53 bits per heavy atom. The van der Waals surface area contributed by atoms with Gasteiger partial charge < -0.3 is 4.74 Å². The molecule has 2 fully saturated rings. The summed E-state index contributed by atoms with van der Waals surface area (Å²) in [6.45, 7) is 0. The summed E-state index contributed by atoms with van der Waals surface area (Å²) in [6.07, 6.45) is 2.89. The van der Waals surface area contributed by atoms with Gasteiger partial charge in [-0.15, -0.1) is 0 Å². The Morgan fingerprint density at radius 2 is 2.07 bits per heavy atom. The smallest absolute Gasteiger partial charge is 0.136 e. The highest BCUT2D eigenvalue weighted by molar-refractivity contribution is 5.89. The molecule has 0 aliphatic heterocycles. The molecule has 15 heavy (non-hydrogen) atoms. The van der Waals surface area contributed by atoms with Crippen molar-refractivity contribution < 1.29 is 9.53 Å². The molecule has 0 bridgehead atoms. The summed E-state index contributed by atoms with van der Waals surface area (Å²) in [7, 11) is 1.67. The third-order valence-corrected chi connectivity index (χ3v) is 3.95. The number of hydrogen-bond acceptors (Lipinski definition) is 2. The first kappa shape index (κ1) is 8.96. The lowest BCUT2D eigenvalue weighted by molar-refractivity contribution is -0.119. The molecule has 0 spiro atoms. The minimum Gasteiger partial charge on any atom is -0.497 e. The fourth-order valence-corrected chi connectivity index (χ4v) is 2.91. The topological polar surface area (TPSA) is 26.3 Å². The van der Waals surface area contributed by atoms with Gasteiger partial charge in [-0.1, -0.05) is 12.1 Å². The van der Waals surface area contributed by atoms with Crippen LogP contribution in [0.5, 0.6) is 5.75 Å². The van der Waals surface area contributed by atoms with Crippen molar-refractivity contribution in [2.45, 2.75) is 24.7 Å². The molecule has 2 aliphatic rings. The molecule has 78 valence electrons. The van der Waals surface area contributed by atoms with Crippen molar-refractivity contribution in [3.05, 3.63) is 29.8 Å². The van der Waals surface area contributed by atoms with Gasteiger partial charge in [-0.3, -0.25) is 4.79 Å². The third kappa shape index (κ3) is 1.14. The molecule has 2 nitrogen and oxygen atoms in total. The van der Waals surface area contributed by atoms with Crippen LogP contribution in [-0.4, -0.2) is 12.9 Å². The number of rotatable bonds is 2. The second kappa shape index (κ2) is 2.84. The Labute approximate surface area is 89.2 Å². The summed E-state index contributed by atoms with van der Waals surface area (Å²) in [5, 5.41) is 0. The van der Waals surface area contributed by atoms with Crippen molar-refractivity contribution in [1.29, 1.82) is 0 Å². The van der Waals surface area contributed by atoms with E-state index in [2.05, 4.69) is 12.1 Å². The Kier molecular flexibility index (Phi) is 1.70. The second-order valence-electron chi connectivity index (χ2n) is 4.61. The molecule has 0 amide bonds. The van der Waals surface area contributed by atoms with E-state index in [1.165, 1.54) is 5.56 Å². The van der Waals surface area contributed by atoms with Crippen LogP contribution in [0, 0.1) is 5.92 Å². The maximum Gasteiger partial charge on any atom is 0.136 e. The van der Waals surface area contributed by atoms with Crippen molar-refractivity contribution in [3.8, 4) is 5.75 Å². The van der Waals surface area contributed by atoms with Crippen molar-refractivity contribution in [2.24, 2.45) is 5.92 Å². The lowest BCUT2D eigenvalue weighted by Gasteiger charge is -2.11. The molecule has 2 atom stereocenters. The fourth-order valence-electron chi connectivity index (χ4n) is 2.91. The predicted octanol–water partition coefficient (Wildman–Crippen LogP) is 2.32. The number of hydrogen-bond donors (Lipinski definition) is 0. The van der Waals surface area contributed by atoms with Gasteiger partial charge in [0.05, 0.1) is 7.11 Å². The molecule has 0 heterocycles. The van der Waals surface area contributed by atoms with Gasteiger partial charge in [0.2, 0.25) is 0 Å². The number of carbonyl (C=O) groups is 1. The maximum absolute atomic E-state index is 11.5. The number of ether oxygens (including phenoxy) is 1. The first-order chi connectivity index (χ1) is 7.26. The van der Waals surface area contributed by atoms with Crippen LogP contribution in [0.25, 0.3) is 0 Å². The Morgan fingerprint density at radius 1 is 1.33 bits per heavy atom. The summed E-state index contributed by atoms with van der Waals surface area (Å²) in [5.41, 5.74) is 1.53. The first-order valence-electron chi connectivity index (χ1n) is 5.43. The monoisotopic (exact) mass is 202 g/mol. The quantitative estimate of drug-likeness (QED) is 0.735. The zero-order valence-corrected chi connectivity index (χ0v) is 8.82. The summed E-state index contributed by atoms with van der Waals surface area (Å²) in [6, 6.07) is 8.19. The number of fused-ring (bicyclic) bond motifs is 1. The van der Waals surface area contributed by atoms with E-state index < -0.39 is 0 Å². The van der Waals surface area contributed by atoms with Gasteiger partial charge in [0, 0.05) is 17.8 Å². The van der Waals surface area contributed by atoms with E-state index in [-0.39, 0.29) is 5.41 Å². The van der Waals surface area contributed by atoms with Crippen LogP contribution >= 0.6 is 0 Å².